The molecule has 0 spiro atoms. The van der Waals surface area contributed by atoms with Gasteiger partial charge >= 0.3 is 6.03 Å². The van der Waals surface area contributed by atoms with Gasteiger partial charge in [-0.25, -0.2) is 4.79 Å². The molecule has 148 valence electrons. The van der Waals surface area contributed by atoms with Gasteiger partial charge in [0.2, 0.25) is 0 Å². The predicted molar refractivity (Wildman–Crippen MR) is 110 cm³/mol. The molecule has 0 radical (unpaired) electrons. The summed E-state index contributed by atoms with van der Waals surface area (Å²) in [5, 5.41) is 5.65. The second kappa shape index (κ2) is 9.78. The molecular formula is C22H27N3O3. The van der Waals surface area contributed by atoms with Crippen LogP contribution in [0, 0.1) is 0 Å². The highest BCUT2D eigenvalue weighted by molar-refractivity contribution is 5.97. The Balaban J connectivity index is 1.48. The van der Waals surface area contributed by atoms with E-state index in [9.17, 15) is 9.59 Å². The summed E-state index contributed by atoms with van der Waals surface area (Å²) >= 11 is 0. The lowest BCUT2D eigenvalue weighted by Gasteiger charge is -2.26. The van der Waals surface area contributed by atoms with Crippen LogP contribution in [0.25, 0.3) is 0 Å². The third kappa shape index (κ3) is 5.49. The molecule has 2 aromatic rings. The third-order valence-electron chi connectivity index (χ3n) is 4.87. The summed E-state index contributed by atoms with van der Waals surface area (Å²) in [5.41, 5.74) is 2.35. The van der Waals surface area contributed by atoms with Gasteiger partial charge in [-0.15, -0.1) is 0 Å². The van der Waals surface area contributed by atoms with E-state index < -0.39 is 0 Å². The number of carbonyl (C=O) groups is 2. The fourth-order valence-corrected chi connectivity index (χ4v) is 3.30. The molecule has 1 aliphatic rings. The van der Waals surface area contributed by atoms with Gasteiger partial charge in [-0.3, -0.25) is 4.79 Å². The number of benzene rings is 2. The molecular weight excluding hydrogens is 354 g/mol. The fourth-order valence-electron chi connectivity index (χ4n) is 3.30. The van der Waals surface area contributed by atoms with Crippen molar-refractivity contribution in [2.45, 2.75) is 25.7 Å². The molecule has 0 unspecified atom stereocenters. The Hall–Kier alpha value is -3.02. The maximum absolute atomic E-state index is 12.6. The molecule has 3 rings (SSSR count). The number of rotatable bonds is 6. The summed E-state index contributed by atoms with van der Waals surface area (Å²) in [6.07, 6.45) is 4.02. The average Bonchev–Trinajstić information content (AvgIpc) is 2.74. The average molecular weight is 381 g/mol. The van der Waals surface area contributed by atoms with Crippen LogP contribution in [0.5, 0.6) is 5.75 Å². The minimum atomic E-state index is -0.281. The van der Waals surface area contributed by atoms with Crippen LogP contribution >= 0.6 is 0 Å². The second-order valence-electron chi connectivity index (χ2n) is 6.91. The minimum absolute atomic E-state index is 0.0308. The van der Waals surface area contributed by atoms with Crippen molar-refractivity contribution in [1.82, 2.24) is 10.2 Å². The zero-order chi connectivity index (χ0) is 19.8. The first-order valence-electron chi connectivity index (χ1n) is 9.73. The number of likely N-dealkylation sites (tertiary alicyclic amines) is 1. The molecule has 2 N–H and O–H groups in total. The number of nitrogens with zero attached hydrogens (tertiary/aromatic N) is 1. The lowest BCUT2D eigenvalue weighted by atomic mass is 10.1. The zero-order valence-electron chi connectivity index (χ0n) is 16.2. The molecule has 0 atom stereocenters. The highest BCUT2D eigenvalue weighted by Gasteiger charge is 2.18. The van der Waals surface area contributed by atoms with Crippen LogP contribution in [0.15, 0.2) is 48.5 Å². The number of hydrogen-bond acceptors (Lipinski definition) is 3. The van der Waals surface area contributed by atoms with Gasteiger partial charge in [0.25, 0.3) is 5.91 Å². The van der Waals surface area contributed by atoms with Crippen molar-refractivity contribution in [2.75, 3.05) is 32.1 Å². The maximum atomic E-state index is 12.6. The molecule has 0 aromatic heterocycles. The van der Waals surface area contributed by atoms with E-state index in [2.05, 4.69) is 10.6 Å². The van der Waals surface area contributed by atoms with Crippen molar-refractivity contribution >= 4 is 17.6 Å². The lowest BCUT2D eigenvalue weighted by Crippen LogP contribution is -2.35. The third-order valence-corrected chi connectivity index (χ3v) is 4.87. The van der Waals surface area contributed by atoms with E-state index >= 15 is 0 Å². The molecule has 28 heavy (non-hydrogen) atoms. The minimum Gasteiger partial charge on any atom is -0.497 e. The van der Waals surface area contributed by atoms with Crippen molar-refractivity contribution in [2.24, 2.45) is 0 Å². The topological polar surface area (TPSA) is 70.7 Å². The van der Waals surface area contributed by atoms with Gasteiger partial charge in [-0.05, 0) is 61.6 Å². The van der Waals surface area contributed by atoms with Crippen LogP contribution in [-0.2, 0) is 6.42 Å². The summed E-state index contributed by atoms with van der Waals surface area (Å²) in [6.45, 7) is 2.13. The van der Waals surface area contributed by atoms with Gasteiger partial charge in [0, 0.05) is 30.9 Å². The van der Waals surface area contributed by atoms with Crippen molar-refractivity contribution in [3.63, 3.8) is 0 Å². The molecule has 1 saturated heterocycles. The Bertz CT molecular complexity index is 799. The summed E-state index contributed by atoms with van der Waals surface area (Å²) in [7, 11) is 1.63. The first kappa shape index (κ1) is 19.7. The molecule has 0 saturated carbocycles. The molecule has 6 heteroatoms. The molecule has 1 fully saturated rings. The number of anilines is 1. The molecule has 6 nitrogen and oxygen atoms in total. The summed E-state index contributed by atoms with van der Waals surface area (Å²) in [4.78, 5) is 26.6. The number of ether oxygens (including phenoxy) is 1. The predicted octanol–water partition coefficient (Wildman–Crippen LogP) is 3.69. The van der Waals surface area contributed by atoms with Crippen LogP contribution in [0.4, 0.5) is 10.5 Å². The second-order valence-corrected chi connectivity index (χ2v) is 6.91. The monoisotopic (exact) mass is 381 g/mol. The standard InChI is InChI=1S/C22H27N3O3/c1-28-20-10-8-17(9-11-20)12-13-23-22(27)24-19-7-5-6-18(16-19)21(26)25-14-3-2-4-15-25/h5-11,16H,2-4,12-15H2,1H3,(H2,23,24,27). The molecule has 0 aliphatic carbocycles. The molecule has 1 heterocycles. The van der Waals surface area contributed by atoms with Gasteiger partial charge in [0.05, 0.1) is 7.11 Å². The van der Waals surface area contributed by atoms with Crippen LogP contribution in [0.1, 0.15) is 35.2 Å². The zero-order valence-corrected chi connectivity index (χ0v) is 16.2. The SMILES string of the molecule is COc1ccc(CCNC(=O)Nc2cccc(C(=O)N3CCCCC3)c2)cc1. The quantitative estimate of drug-likeness (QED) is 0.802. The Labute approximate surface area is 165 Å². The van der Waals surface area contributed by atoms with E-state index in [4.69, 9.17) is 4.74 Å². The van der Waals surface area contributed by atoms with Crippen LogP contribution < -0.4 is 15.4 Å². The van der Waals surface area contributed by atoms with Crippen molar-refractivity contribution in [3.8, 4) is 5.75 Å². The first-order valence-corrected chi connectivity index (χ1v) is 9.73. The molecule has 3 amide bonds. The summed E-state index contributed by atoms with van der Waals surface area (Å²) in [5.74, 6) is 0.844. The Morgan fingerprint density at radius 3 is 2.50 bits per heavy atom. The van der Waals surface area contributed by atoms with Gasteiger partial charge in [0.1, 0.15) is 5.75 Å². The van der Waals surface area contributed by atoms with Crippen molar-refractivity contribution in [3.05, 3.63) is 59.7 Å². The number of hydrogen-bond donors (Lipinski definition) is 2. The van der Waals surface area contributed by atoms with Gasteiger partial charge < -0.3 is 20.3 Å². The van der Waals surface area contributed by atoms with Crippen LogP contribution in [-0.4, -0.2) is 43.6 Å². The fraction of sp³-hybridized carbons (Fsp3) is 0.364. The van der Waals surface area contributed by atoms with Crippen molar-refractivity contribution < 1.29 is 14.3 Å². The van der Waals surface area contributed by atoms with E-state index in [-0.39, 0.29) is 11.9 Å². The number of nitrogens with one attached hydrogen (secondary N) is 2. The van der Waals surface area contributed by atoms with E-state index in [0.717, 1.165) is 43.7 Å². The van der Waals surface area contributed by atoms with Gasteiger partial charge in [-0.1, -0.05) is 18.2 Å². The largest absolute Gasteiger partial charge is 0.497 e. The number of amides is 3. The highest BCUT2D eigenvalue weighted by atomic mass is 16.5. The van der Waals surface area contributed by atoms with Gasteiger partial charge in [0.15, 0.2) is 0 Å². The summed E-state index contributed by atoms with van der Waals surface area (Å²) < 4.78 is 5.14. The molecule has 1 aliphatic heterocycles. The van der Waals surface area contributed by atoms with E-state index in [1.807, 2.05) is 29.2 Å². The normalized spacial score (nSPS) is 13.7. The Morgan fingerprint density at radius 2 is 1.79 bits per heavy atom. The number of methoxy groups -OCH3 is 1. The maximum Gasteiger partial charge on any atom is 0.319 e. The Morgan fingerprint density at radius 1 is 1.04 bits per heavy atom. The van der Waals surface area contributed by atoms with E-state index in [1.165, 1.54) is 6.42 Å². The first-order chi connectivity index (χ1) is 13.7. The highest BCUT2D eigenvalue weighted by Crippen LogP contribution is 2.16. The van der Waals surface area contributed by atoms with E-state index in [1.54, 1.807) is 31.4 Å². The van der Waals surface area contributed by atoms with E-state index in [0.29, 0.717) is 17.8 Å². The Kier molecular flexibility index (Phi) is 6.89. The number of urea groups is 1. The summed E-state index contributed by atoms with van der Waals surface area (Å²) in [6, 6.07) is 14.6. The van der Waals surface area contributed by atoms with Crippen LogP contribution in [0.3, 0.4) is 0 Å². The number of carbonyl (C=O) groups excluding carboxylic acids is 2. The lowest BCUT2D eigenvalue weighted by molar-refractivity contribution is 0.0724. The van der Waals surface area contributed by atoms with Crippen LogP contribution in [0.2, 0.25) is 0 Å². The smallest absolute Gasteiger partial charge is 0.319 e. The van der Waals surface area contributed by atoms with Gasteiger partial charge in [-0.2, -0.15) is 0 Å². The number of piperidine rings is 1. The molecule has 2 aromatic carbocycles. The molecule has 0 bridgehead atoms. The van der Waals surface area contributed by atoms with Crippen molar-refractivity contribution in [1.29, 1.82) is 0 Å².